The summed E-state index contributed by atoms with van der Waals surface area (Å²) in [4.78, 5) is 0. The molecule has 2 aromatic carbocycles. The number of hydrogen-bond donors (Lipinski definition) is 1. The molecule has 2 heteroatoms. The minimum Gasteiger partial charge on any atom is -0.496 e. The molecule has 0 bridgehead atoms. The second-order valence-corrected chi connectivity index (χ2v) is 6.48. The van der Waals surface area contributed by atoms with Crippen molar-refractivity contribution in [3.63, 3.8) is 0 Å². The van der Waals surface area contributed by atoms with Crippen molar-refractivity contribution >= 4 is 5.69 Å². The van der Waals surface area contributed by atoms with E-state index < -0.39 is 0 Å². The zero-order valence-corrected chi connectivity index (χ0v) is 13.7. The summed E-state index contributed by atoms with van der Waals surface area (Å²) in [6.45, 7) is 5.69. The molecule has 1 atom stereocenters. The number of hydrogen-bond acceptors (Lipinski definition) is 2. The molecule has 0 saturated heterocycles. The first kappa shape index (κ1) is 15.0. The lowest BCUT2D eigenvalue weighted by atomic mass is 9.81. The van der Waals surface area contributed by atoms with Gasteiger partial charge in [0.15, 0.2) is 0 Å². The van der Waals surface area contributed by atoms with Gasteiger partial charge in [0.1, 0.15) is 5.75 Å². The van der Waals surface area contributed by atoms with E-state index in [4.69, 9.17) is 4.74 Å². The standard InChI is InChI=1S/C20H25NO/c1-14(2)17-9-10-21-19-13-20(22-3)16(12-18(17)19)11-15-7-5-4-6-8-15/h4-8,12-14,17,21H,9-11H2,1-3H3. The van der Waals surface area contributed by atoms with E-state index in [0.717, 1.165) is 18.7 Å². The molecule has 1 aliphatic heterocycles. The Balaban J connectivity index is 2.00. The first-order chi connectivity index (χ1) is 10.7. The number of fused-ring (bicyclic) bond motifs is 1. The molecular weight excluding hydrogens is 270 g/mol. The molecule has 3 rings (SSSR count). The van der Waals surface area contributed by atoms with Gasteiger partial charge in [-0.1, -0.05) is 44.2 Å². The third-order valence-electron chi connectivity index (χ3n) is 4.66. The molecule has 22 heavy (non-hydrogen) atoms. The Morgan fingerprint density at radius 2 is 1.95 bits per heavy atom. The maximum Gasteiger partial charge on any atom is 0.124 e. The Bertz CT molecular complexity index is 634. The molecule has 2 aromatic rings. The van der Waals surface area contributed by atoms with Crippen LogP contribution in [0.25, 0.3) is 0 Å². The highest BCUT2D eigenvalue weighted by Crippen LogP contribution is 2.40. The van der Waals surface area contributed by atoms with Crippen LogP contribution in [0.4, 0.5) is 5.69 Å². The highest BCUT2D eigenvalue weighted by molar-refractivity contribution is 5.61. The summed E-state index contributed by atoms with van der Waals surface area (Å²) in [5.41, 5.74) is 5.30. The van der Waals surface area contributed by atoms with Gasteiger partial charge in [0.2, 0.25) is 0 Å². The van der Waals surface area contributed by atoms with E-state index in [1.54, 1.807) is 7.11 Å². The number of anilines is 1. The van der Waals surface area contributed by atoms with Crippen molar-refractivity contribution < 1.29 is 4.74 Å². The SMILES string of the molecule is COc1cc2c(cc1Cc1ccccc1)C(C(C)C)CCN2. The van der Waals surface area contributed by atoms with Gasteiger partial charge in [-0.25, -0.2) is 0 Å². The Labute approximate surface area is 133 Å². The Morgan fingerprint density at radius 3 is 2.64 bits per heavy atom. The molecule has 1 unspecified atom stereocenters. The van der Waals surface area contributed by atoms with Crippen LogP contribution >= 0.6 is 0 Å². The summed E-state index contributed by atoms with van der Waals surface area (Å²) in [5, 5.41) is 3.53. The number of rotatable bonds is 4. The average Bonchev–Trinajstić information content (AvgIpc) is 2.54. The molecule has 116 valence electrons. The van der Waals surface area contributed by atoms with E-state index in [1.165, 1.54) is 28.8 Å². The molecule has 0 aromatic heterocycles. The third-order valence-corrected chi connectivity index (χ3v) is 4.66. The Kier molecular flexibility index (Phi) is 4.37. The molecule has 0 aliphatic carbocycles. The van der Waals surface area contributed by atoms with Crippen molar-refractivity contribution in [3.05, 3.63) is 59.2 Å². The summed E-state index contributed by atoms with van der Waals surface area (Å²) >= 11 is 0. The summed E-state index contributed by atoms with van der Waals surface area (Å²) < 4.78 is 5.64. The van der Waals surface area contributed by atoms with Crippen LogP contribution in [-0.2, 0) is 6.42 Å². The fourth-order valence-corrected chi connectivity index (χ4v) is 3.46. The van der Waals surface area contributed by atoms with Crippen molar-refractivity contribution in [3.8, 4) is 5.75 Å². The van der Waals surface area contributed by atoms with Crippen LogP contribution in [0.2, 0.25) is 0 Å². The predicted molar refractivity (Wildman–Crippen MR) is 92.9 cm³/mol. The molecule has 0 fully saturated rings. The molecule has 0 radical (unpaired) electrons. The summed E-state index contributed by atoms with van der Waals surface area (Å²) in [5.74, 6) is 2.29. The first-order valence-electron chi connectivity index (χ1n) is 8.17. The van der Waals surface area contributed by atoms with Gasteiger partial charge in [-0.05, 0) is 41.0 Å². The molecule has 2 nitrogen and oxygen atoms in total. The van der Waals surface area contributed by atoms with E-state index in [0.29, 0.717) is 11.8 Å². The summed E-state index contributed by atoms with van der Waals surface area (Å²) in [7, 11) is 1.76. The van der Waals surface area contributed by atoms with Crippen LogP contribution in [0.3, 0.4) is 0 Å². The fourth-order valence-electron chi connectivity index (χ4n) is 3.46. The molecule has 0 amide bonds. The summed E-state index contributed by atoms with van der Waals surface area (Å²) in [6.07, 6.45) is 2.13. The lowest BCUT2D eigenvalue weighted by molar-refractivity contribution is 0.409. The topological polar surface area (TPSA) is 21.3 Å². The van der Waals surface area contributed by atoms with Gasteiger partial charge in [0, 0.05) is 24.7 Å². The smallest absolute Gasteiger partial charge is 0.124 e. The minimum atomic E-state index is 0.636. The minimum absolute atomic E-state index is 0.636. The highest BCUT2D eigenvalue weighted by Gasteiger charge is 2.24. The highest BCUT2D eigenvalue weighted by atomic mass is 16.5. The Morgan fingerprint density at radius 1 is 1.18 bits per heavy atom. The molecular formula is C20H25NO. The van der Waals surface area contributed by atoms with Crippen molar-refractivity contribution in [1.82, 2.24) is 0 Å². The molecule has 0 saturated carbocycles. The van der Waals surface area contributed by atoms with Gasteiger partial charge >= 0.3 is 0 Å². The van der Waals surface area contributed by atoms with E-state index >= 15 is 0 Å². The lowest BCUT2D eigenvalue weighted by Crippen LogP contribution is -2.20. The van der Waals surface area contributed by atoms with E-state index in [1.807, 2.05) is 0 Å². The second-order valence-electron chi connectivity index (χ2n) is 6.48. The van der Waals surface area contributed by atoms with Gasteiger partial charge < -0.3 is 10.1 Å². The number of ether oxygens (including phenoxy) is 1. The number of methoxy groups -OCH3 is 1. The Hall–Kier alpha value is -1.96. The largest absolute Gasteiger partial charge is 0.496 e. The van der Waals surface area contributed by atoms with Crippen LogP contribution in [0.1, 0.15) is 42.9 Å². The average molecular weight is 295 g/mol. The van der Waals surface area contributed by atoms with Gasteiger partial charge in [-0.3, -0.25) is 0 Å². The van der Waals surface area contributed by atoms with E-state index in [-0.39, 0.29) is 0 Å². The van der Waals surface area contributed by atoms with Crippen LogP contribution < -0.4 is 10.1 Å². The predicted octanol–water partition coefficient (Wildman–Crippen LogP) is 4.84. The van der Waals surface area contributed by atoms with Gasteiger partial charge in [-0.15, -0.1) is 0 Å². The van der Waals surface area contributed by atoms with E-state index in [9.17, 15) is 0 Å². The molecule has 0 spiro atoms. The molecule has 1 N–H and O–H groups in total. The molecule has 1 aliphatic rings. The van der Waals surface area contributed by atoms with Crippen LogP contribution in [0, 0.1) is 5.92 Å². The fraction of sp³-hybridized carbons (Fsp3) is 0.400. The first-order valence-corrected chi connectivity index (χ1v) is 8.17. The van der Waals surface area contributed by atoms with Crippen molar-refractivity contribution in [2.24, 2.45) is 5.92 Å². The lowest BCUT2D eigenvalue weighted by Gasteiger charge is -2.30. The van der Waals surface area contributed by atoms with Gasteiger partial charge in [-0.2, -0.15) is 0 Å². The number of nitrogens with one attached hydrogen (secondary N) is 1. The second kappa shape index (κ2) is 6.43. The van der Waals surface area contributed by atoms with Crippen LogP contribution in [0.15, 0.2) is 42.5 Å². The number of benzene rings is 2. The normalized spacial score (nSPS) is 17.0. The zero-order chi connectivity index (χ0) is 15.5. The van der Waals surface area contributed by atoms with Gasteiger partial charge in [0.25, 0.3) is 0 Å². The van der Waals surface area contributed by atoms with Crippen molar-refractivity contribution in [2.45, 2.75) is 32.6 Å². The van der Waals surface area contributed by atoms with Crippen LogP contribution in [-0.4, -0.2) is 13.7 Å². The van der Waals surface area contributed by atoms with Crippen molar-refractivity contribution in [2.75, 3.05) is 19.0 Å². The maximum absolute atomic E-state index is 5.64. The quantitative estimate of drug-likeness (QED) is 0.871. The van der Waals surface area contributed by atoms with Gasteiger partial charge in [0.05, 0.1) is 7.11 Å². The summed E-state index contributed by atoms with van der Waals surface area (Å²) in [6, 6.07) is 15.2. The molecule has 1 heterocycles. The zero-order valence-electron chi connectivity index (χ0n) is 13.7. The monoisotopic (exact) mass is 295 g/mol. The van der Waals surface area contributed by atoms with Crippen molar-refractivity contribution in [1.29, 1.82) is 0 Å². The van der Waals surface area contributed by atoms with Crippen LogP contribution in [0.5, 0.6) is 5.75 Å². The van der Waals surface area contributed by atoms with E-state index in [2.05, 4.69) is 61.6 Å². The maximum atomic E-state index is 5.64. The third kappa shape index (κ3) is 2.96.